The molecule has 254 valence electrons. The van der Waals surface area contributed by atoms with Crippen molar-refractivity contribution in [2.75, 3.05) is 17.7 Å². The quantitative estimate of drug-likeness (QED) is 0.0861. The number of nitrogens with one attached hydrogen (secondary N) is 3. The van der Waals surface area contributed by atoms with E-state index in [1.807, 2.05) is 66.7 Å². The number of carbonyl (C=O) groups is 3. The molecule has 0 saturated carbocycles. The van der Waals surface area contributed by atoms with Crippen LogP contribution in [0.25, 0.3) is 17.4 Å². The molecule has 6 aromatic rings. The highest BCUT2D eigenvalue weighted by molar-refractivity contribution is 8.00. The molecule has 10 heteroatoms. The maximum absolute atomic E-state index is 13.7. The highest BCUT2D eigenvalue weighted by Gasteiger charge is 2.23. The maximum Gasteiger partial charge on any atom is 0.272 e. The summed E-state index contributed by atoms with van der Waals surface area (Å²) in [6, 6.07) is 43.1. The molecule has 1 heterocycles. The molecule has 1 unspecified atom stereocenters. The van der Waals surface area contributed by atoms with E-state index >= 15 is 0 Å². The zero-order valence-electron chi connectivity index (χ0n) is 27.3. The van der Waals surface area contributed by atoms with Crippen LogP contribution in [0.1, 0.15) is 26.9 Å². The van der Waals surface area contributed by atoms with Crippen LogP contribution in [-0.4, -0.2) is 24.8 Å². The van der Waals surface area contributed by atoms with Crippen molar-refractivity contribution in [3.8, 4) is 17.1 Å². The predicted molar refractivity (Wildman–Crippen MR) is 203 cm³/mol. The molecule has 0 bridgehead atoms. The summed E-state index contributed by atoms with van der Waals surface area (Å²) in [4.78, 5) is 41.1. The monoisotopic (exact) mass is 713 g/mol. The Balaban J connectivity index is 1.21. The highest BCUT2D eigenvalue weighted by atomic mass is 35.5. The number of benzene rings is 5. The van der Waals surface area contributed by atoms with Gasteiger partial charge in [0.15, 0.2) is 0 Å². The fourth-order valence-corrected chi connectivity index (χ4v) is 6.25. The number of furan rings is 1. The Labute approximate surface area is 304 Å². The van der Waals surface area contributed by atoms with Crippen LogP contribution in [0.2, 0.25) is 5.02 Å². The van der Waals surface area contributed by atoms with E-state index in [4.69, 9.17) is 20.8 Å². The number of ether oxygens (including phenoxy) is 1. The Bertz CT molecular complexity index is 2150. The SMILES string of the molecule is COc1ccccc1-c1ccc(/C=C(/NC(=O)c2ccccc2)C(=O)Nc2ccc(SC(C(=O)Nc3ccc(Cl)cc3)c3ccccc3)cc2)o1. The van der Waals surface area contributed by atoms with Crippen molar-refractivity contribution in [1.82, 2.24) is 5.32 Å². The minimum absolute atomic E-state index is 0.0220. The fraction of sp³-hybridized carbons (Fsp3) is 0.0488. The van der Waals surface area contributed by atoms with Crippen molar-refractivity contribution in [2.45, 2.75) is 10.1 Å². The molecule has 0 fully saturated rings. The van der Waals surface area contributed by atoms with Gasteiger partial charge in [0.1, 0.15) is 28.2 Å². The molecule has 3 amide bonds. The Morgan fingerprint density at radius 1 is 0.725 bits per heavy atom. The molecule has 51 heavy (non-hydrogen) atoms. The van der Waals surface area contributed by atoms with E-state index in [-0.39, 0.29) is 11.6 Å². The summed E-state index contributed by atoms with van der Waals surface area (Å²) in [5.74, 6) is 0.323. The average Bonchev–Trinajstić information content (AvgIpc) is 3.64. The fourth-order valence-electron chi connectivity index (χ4n) is 5.10. The molecular formula is C41H32ClN3O5S. The first-order chi connectivity index (χ1) is 24.9. The minimum atomic E-state index is -0.556. The second-order valence-electron chi connectivity index (χ2n) is 11.2. The zero-order chi connectivity index (χ0) is 35.6. The van der Waals surface area contributed by atoms with Gasteiger partial charge < -0.3 is 25.1 Å². The lowest BCUT2D eigenvalue weighted by Crippen LogP contribution is -2.30. The normalized spacial score (nSPS) is 11.7. The third kappa shape index (κ3) is 9.16. The van der Waals surface area contributed by atoms with E-state index in [1.165, 1.54) is 17.8 Å². The van der Waals surface area contributed by atoms with E-state index in [0.29, 0.717) is 39.2 Å². The molecule has 0 aliphatic rings. The summed E-state index contributed by atoms with van der Waals surface area (Å²) in [6.45, 7) is 0. The first kappa shape index (κ1) is 34.8. The van der Waals surface area contributed by atoms with Crippen molar-refractivity contribution in [3.05, 3.63) is 173 Å². The molecule has 0 radical (unpaired) electrons. The molecule has 0 spiro atoms. The van der Waals surface area contributed by atoms with Gasteiger partial charge in [-0.15, -0.1) is 11.8 Å². The van der Waals surface area contributed by atoms with E-state index in [0.717, 1.165) is 16.0 Å². The average molecular weight is 714 g/mol. The Morgan fingerprint density at radius 2 is 1.35 bits per heavy atom. The van der Waals surface area contributed by atoms with Crippen molar-refractivity contribution < 1.29 is 23.5 Å². The van der Waals surface area contributed by atoms with Gasteiger partial charge in [0.05, 0.1) is 12.7 Å². The standard InChI is InChI=1S/C41H32ClN3O5S/c1-49-36-15-9-8-14-34(36)37-25-22-32(50-37)26-35(45-39(46)28-12-6-3-7-13-28)40(47)43-31-20-23-33(24-21-31)51-38(27-10-4-2-5-11-27)41(48)44-30-18-16-29(42)17-19-30/h2-26,38H,1H3,(H,43,47)(H,44,48)(H,45,46)/b35-26+. The number of anilines is 2. The minimum Gasteiger partial charge on any atom is -0.496 e. The maximum atomic E-state index is 13.7. The lowest BCUT2D eigenvalue weighted by Gasteiger charge is -2.17. The number of amides is 3. The van der Waals surface area contributed by atoms with Crippen LogP contribution in [0.15, 0.2) is 161 Å². The first-order valence-electron chi connectivity index (χ1n) is 15.9. The van der Waals surface area contributed by atoms with Gasteiger partial charge >= 0.3 is 0 Å². The Morgan fingerprint density at radius 3 is 2.06 bits per heavy atom. The number of methoxy groups -OCH3 is 1. The van der Waals surface area contributed by atoms with E-state index < -0.39 is 17.1 Å². The van der Waals surface area contributed by atoms with Crippen LogP contribution >= 0.6 is 23.4 Å². The Kier molecular flexibility index (Phi) is 11.3. The number of hydrogen-bond donors (Lipinski definition) is 3. The molecule has 3 N–H and O–H groups in total. The van der Waals surface area contributed by atoms with Gasteiger partial charge in [-0.1, -0.05) is 72.3 Å². The topological polar surface area (TPSA) is 110 Å². The van der Waals surface area contributed by atoms with Crippen LogP contribution in [0.3, 0.4) is 0 Å². The van der Waals surface area contributed by atoms with E-state index in [1.54, 1.807) is 86.0 Å². The van der Waals surface area contributed by atoms with Gasteiger partial charge in [-0.25, -0.2) is 0 Å². The summed E-state index contributed by atoms with van der Waals surface area (Å²) in [7, 11) is 1.58. The molecule has 6 rings (SSSR count). The molecule has 0 aliphatic carbocycles. The van der Waals surface area contributed by atoms with Crippen molar-refractivity contribution in [1.29, 1.82) is 0 Å². The lowest BCUT2D eigenvalue weighted by molar-refractivity contribution is -0.116. The number of rotatable bonds is 12. The molecule has 1 aromatic heterocycles. The number of para-hydroxylation sites is 1. The van der Waals surface area contributed by atoms with Crippen molar-refractivity contribution in [2.24, 2.45) is 0 Å². The zero-order valence-corrected chi connectivity index (χ0v) is 28.9. The summed E-state index contributed by atoms with van der Waals surface area (Å²) in [5, 5.41) is 8.59. The molecule has 8 nitrogen and oxygen atoms in total. The number of thioether (sulfide) groups is 1. The second kappa shape index (κ2) is 16.6. The largest absolute Gasteiger partial charge is 0.496 e. The van der Waals surface area contributed by atoms with Gasteiger partial charge in [-0.3, -0.25) is 14.4 Å². The van der Waals surface area contributed by atoms with Crippen molar-refractivity contribution >= 4 is 58.5 Å². The summed E-state index contributed by atoms with van der Waals surface area (Å²) in [6.07, 6.45) is 1.48. The molecule has 0 saturated heterocycles. The second-order valence-corrected chi connectivity index (χ2v) is 12.8. The number of halogens is 1. The predicted octanol–water partition coefficient (Wildman–Crippen LogP) is 9.49. The van der Waals surface area contributed by atoms with Gasteiger partial charge in [0.2, 0.25) is 5.91 Å². The van der Waals surface area contributed by atoms with Crippen LogP contribution < -0.4 is 20.7 Å². The highest BCUT2D eigenvalue weighted by Crippen LogP contribution is 2.37. The van der Waals surface area contributed by atoms with Gasteiger partial charge in [0, 0.05) is 32.9 Å². The molecule has 0 aliphatic heterocycles. The third-order valence-corrected chi connectivity index (χ3v) is 9.15. The number of hydrogen-bond acceptors (Lipinski definition) is 6. The van der Waals surface area contributed by atoms with E-state index in [2.05, 4.69) is 16.0 Å². The first-order valence-corrected chi connectivity index (χ1v) is 17.1. The lowest BCUT2D eigenvalue weighted by atomic mass is 10.1. The molecule has 1 atom stereocenters. The van der Waals surface area contributed by atoms with Gasteiger partial charge in [-0.2, -0.15) is 0 Å². The van der Waals surface area contributed by atoms with Crippen molar-refractivity contribution in [3.63, 3.8) is 0 Å². The van der Waals surface area contributed by atoms with Crippen LogP contribution in [0.4, 0.5) is 11.4 Å². The van der Waals surface area contributed by atoms with Crippen LogP contribution in [-0.2, 0) is 9.59 Å². The summed E-state index contributed by atoms with van der Waals surface area (Å²) in [5.41, 5.74) is 3.07. The van der Waals surface area contributed by atoms with E-state index in [9.17, 15) is 14.4 Å². The number of carbonyl (C=O) groups excluding carboxylic acids is 3. The summed E-state index contributed by atoms with van der Waals surface area (Å²) < 4.78 is 11.5. The smallest absolute Gasteiger partial charge is 0.272 e. The molecular weight excluding hydrogens is 682 g/mol. The Hall–Kier alpha value is -6.03. The summed E-state index contributed by atoms with van der Waals surface area (Å²) >= 11 is 7.39. The van der Waals surface area contributed by atoms with Gasteiger partial charge in [-0.05, 0) is 90.5 Å². The van der Waals surface area contributed by atoms with Crippen LogP contribution in [0.5, 0.6) is 5.75 Å². The van der Waals surface area contributed by atoms with Crippen LogP contribution in [0, 0.1) is 0 Å². The third-order valence-electron chi connectivity index (χ3n) is 7.63. The van der Waals surface area contributed by atoms with Gasteiger partial charge in [0.25, 0.3) is 11.8 Å². The molecule has 5 aromatic carbocycles.